The highest BCUT2D eigenvalue weighted by Gasteiger charge is 2.35. The largest absolute Gasteiger partial charge is 0.326 e. The lowest BCUT2D eigenvalue weighted by Crippen LogP contribution is -2.36. The average molecular weight is 369 g/mol. The first kappa shape index (κ1) is 17.1. The van der Waals surface area contributed by atoms with E-state index in [-0.39, 0.29) is 17.7 Å². The molecular weight excluding hydrogens is 348 g/mol. The molecule has 2 aromatic carbocycles. The van der Waals surface area contributed by atoms with Crippen LogP contribution in [0.25, 0.3) is 0 Å². The Morgan fingerprint density at radius 1 is 1.12 bits per heavy atom. The van der Waals surface area contributed by atoms with Gasteiger partial charge in [0.05, 0.1) is 6.42 Å². The summed E-state index contributed by atoms with van der Waals surface area (Å²) in [5.74, 6) is 0.350. The van der Waals surface area contributed by atoms with E-state index in [4.69, 9.17) is 11.6 Å². The molecule has 1 saturated carbocycles. The molecule has 0 aromatic heterocycles. The average Bonchev–Trinajstić information content (AvgIpc) is 3.48. The summed E-state index contributed by atoms with van der Waals surface area (Å²) in [4.78, 5) is 26.8. The van der Waals surface area contributed by atoms with E-state index in [1.54, 1.807) is 12.1 Å². The van der Waals surface area contributed by atoms with Gasteiger partial charge in [0.15, 0.2) is 0 Å². The number of aryl methyl sites for hydroxylation is 1. The summed E-state index contributed by atoms with van der Waals surface area (Å²) in [6.07, 6.45) is 4.26. The minimum absolute atomic E-state index is 0.0804. The first-order valence-electron chi connectivity index (χ1n) is 9.09. The standard InChI is InChI=1S/C21H21ClN2O2/c22-17-8-3-14(4-9-17)12-20(25)23-18-10-7-15-2-1-11-24(19(15)13-18)21(26)16-5-6-16/h3-4,7-10,13,16H,1-2,5-6,11-12H2,(H,23,25). The van der Waals surface area contributed by atoms with E-state index >= 15 is 0 Å². The van der Waals surface area contributed by atoms with Gasteiger partial charge in [-0.3, -0.25) is 9.59 Å². The zero-order valence-electron chi connectivity index (χ0n) is 14.5. The van der Waals surface area contributed by atoms with Crippen molar-refractivity contribution in [2.75, 3.05) is 16.8 Å². The molecule has 134 valence electrons. The van der Waals surface area contributed by atoms with Crippen molar-refractivity contribution in [1.82, 2.24) is 0 Å². The van der Waals surface area contributed by atoms with Gasteiger partial charge in [0.1, 0.15) is 0 Å². The molecule has 1 N–H and O–H groups in total. The molecule has 4 nitrogen and oxygen atoms in total. The third-order valence-corrected chi connectivity index (χ3v) is 5.21. The fraction of sp³-hybridized carbons (Fsp3) is 0.333. The Morgan fingerprint density at radius 3 is 2.62 bits per heavy atom. The van der Waals surface area contributed by atoms with Crippen LogP contribution < -0.4 is 10.2 Å². The van der Waals surface area contributed by atoms with Crippen molar-refractivity contribution in [1.29, 1.82) is 0 Å². The molecule has 1 aliphatic carbocycles. The van der Waals surface area contributed by atoms with Crippen molar-refractivity contribution in [2.45, 2.75) is 32.1 Å². The predicted octanol–water partition coefficient (Wildman–Crippen LogP) is 4.21. The number of anilines is 2. The summed E-state index contributed by atoms with van der Waals surface area (Å²) >= 11 is 5.88. The number of hydrogen-bond acceptors (Lipinski definition) is 2. The fourth-order valence-corrected chi connectivity index (χ4v) is 3.55. The zero-order chi connectivity index (χ0) is 18.1. The summed E-state index contributed by atoms with van der Waals surface area (Å²) in [7, 11) is 0. The molecule has 26 heavy (non-hydrogen) atoms. The van der Waals surface area contributed by atoms with Gasteiger partial charge in [0.25, 0.3) is 0 Å². The van der Waals surface area contributed by atoms with Gasteiger partial charge in [-0.2, -0.15) is 0 Å². The topological polar surface area (TPSA) is 49.4 Å². The molecule has 1 heterocycles. The van der Waals surface area contributed by atoms with Gasteiger partial charge >= 0.3 is 0 Å². The lowest BCUT2D eigenvalue weighted by molar-refractivity contribution is -0.120. The molecule has 0 saturated heterocycles. The van der Waals surface area contributed by atoms with Crippen molar-refractivity contribution in [3.63, 3.8) is 0 Å². The van der Waals surface area contributed by atoms with Gasteiger partial charge in [-0.25, -0.2) is 0 Å². The summed E-state index contributed by atoms with van der Waals surface area (Å²) in [5.41, 5.74) is 3.78. The van der Waals surface area contributed by atoms with Gasteiger partial charge in [-0.15, -0.1) is 0 Å². The lowest BCUT2D eigenvalue weighted by atomic mass is 10.0. The molecule has 1 fully saturated rings. The Balaban J connectivity index is 1.49. The van der Waals surface area contributed by atoms with Crippen molar-refractivity contribution < 1.29 is 9.59 Å². The molecule has 5 heteroatoms. The third kappa shape index (κ3) is 3.75. The van der Waals surface area contributed by atoms with Crippen LogP contribution in [0.5, 0.6) is 0 Å². The quantitative estimate of drug-likeness (QED) is 0.878. The van der Waals surface area contributed by atoms with E-state index in [2.05, 4.69) is 5.32 Å². The highest BCUT2D eigenvalue weighted by molar-refractivity contribution is 6.30. The highest BCUT2D eigenvalue weighted by atomic mass is 35.5. The van der Waals surface area contributed by atoms with Gasteiger partial charge in [-0.1, -0.05) is 29.8 Å². The summed E-state index contributed by atoms with van der Waals surface area (Å²) in [6.45, 7) is 0.768. The van der Waals surface area contributed by atoms with Crippen molar-refractivity contribution in [3.05, 3.63) is 58.6 Å². The number of benzene rings is 2. The maximum atomic E-state index is 12.6. The number of carbonyl (C=O) groups excluding carboxylic acids is 2. The number of hydrogen-bond donors (Lipinski definition) is 1. The van der Waals surface area contributed by atoms with Crippen LogP contribution in [-0.4, -0.2) is 18.4 Å². The lowest BCUT2D eigenvalue weighted by Gasteiger charge is -2.30. The Hall–Kier alpha value is -2.33. The van der Waals surface area contributed by atoms with Crippen LogP contribution >= 0.6 is 11.6 Å². The van der Waals surface area contributed by atoms with Crippen molar-refractivity contribution >= 4 is 34.8 Å². The number of fused-ring (bicyclic) bond motifs is 1. The summed E-state index contributed by atoms with van der Waals surface area (Å²) in [6, 6.07) is 13.2. The van der Waals surface area contributed by atoms with E-state index in [0.29, 0.717) is 11.4 Å². The van der Waals surface area contributed by atoms with Gasteiger partial charge in [0.2, 0.25) is 11.8 Å². The number of carbonyl (C=O) groups is 2. The molecule has 0 bridgehead atoms. The Morgan fingerprint density at radius 2 is 1.88 bits per heavy atom. The first-order chi connectivity index (χ1) is 12.6. The SMILES string of the molecule is O=C(Cc1ccc(Cl)cc1)Nc1ccc2c(c1)N(C(=O)C1CC1)CCC2. The van der Waals surface area contributed by atoms with E-state index in [1.807, 2.05) is 35.2 Å². The molecule has 4 rings (SSSR count). The monoisotopic (exact) mass is 368 g/mol. The van der Waals surface area contributed by atoms with Gasteiger partial charge in [0, 0.05) is 28.9 Å². The van der Waals surface area contributed by atoms with E-state index in [9.17, 15) is 9.59 Å². The Kier molecular flexibility index (Phi) is 4.68. The van der Waals surface area contributed by atoms with Crippen LogP contribution in [0.4, 0.5) is 11.4 Å². The van der Waals surface area contributed by atoms with Crippen LogP contribution in [0.3, 0.4) is 0 Å². The molecule has 0 unspecified atom stereocenters. The predicted molar refractivity (Wildman–Crippen MR) is 104 cm³/mol. The van der Waals surface area contributed by atoms with Crippen LogP contribution in [0, 0.1) is 5.92 Å². The second kappa shape index (κ2) is 7.12. The Labute approximate surface area is 158 Å². The maximum absolute atomic E-state index is 12.6. The van der Waals surface area contributed by atoms with E-state index in [0.717, 1.165) is 49.2 Å². The van der Waals surface area contributed by atoms with Crippen LogP contribution in [0.15, 0.2) is 42.5 Å². The summed E-state index contributed by atoms with van der Waals surface area (Å²) in [5, 5.41) is 3.61. The Bertz CT molecular complexity index is 844. The molecule has 2 aliphatic rings. The fourth-order valence-electron chi connectivity index (χ4n) is 3.42. The molecule has 2 aromatic rings. The number of nitrogens with one attached hydrogen (secondary N) is 1. The number of halogens is 1. The molecule has 0 radical (unpaired) electrons. The molecule has 2 amide bonds. The zero-order valence-corrected chi connectivity index (χ0v) is 15.3. The maximum Gasteiger partial charge on any atom is 0.230 e. The normalized spacial score (nSPS) is 16.1. The molecular formula is C21H21ClN2O2. The van der Waals surface area contributed by atoms with Crippen LogP contribution in [-0.2, 0) is 22.4 Å². The van der Waals surface area contributed by atoms with Crippen molar-refractivity contribution in [3.8, 4) is 0 Å². The highest BCUT2D eigenvalue weighted by Crippen LogP contribution is 2.36. The van der Waals surface area contributed by atoms with E-state index in [1.165, 1.54) is 5.56 Å². The van der Waals surface area contributed by atoms with Crippen LogP contribution in [0.1, 0.15) is 30.4 Å². The van der Waals surface area contributed by atoms with Crippen LogP contribution in [0.2, 0.25) is 5.02 Å². The second-order valence-electron chi connectivity index (χ2n) is 7.06. The number of amides is 2. The molecule has 1 aliphatic heterocycles. The summed E-state index contributed by atoms with van der Waals surface area (Å²) < 4.78 is 0. The van der Waals surface area contributed by atoms with Crippen molar-refractivity contribution in [2.24, 2.45) is 5.92 Å². The molecule has 0 spiro atoms. The number of rotatable bonds is 4. The third-order valence-electron chi connectivity index (χ3n) is 4.96. The number of nitrogens with zero attached hydrogens (tertiary/aromatic N) is 1. The van der Waals surface area contributed by atoms with Gasteiger partial charge < -0.3 is 10.2 Å². The molecule has 0 atom stereocenters. The minimum atomic E-state index is -0.0804. The van der Waals surface area contributed by atoms with Gasteiger partial charge in [-0.05, 0) is 61.1 Å². The first-order valence-corrected chi connectivity index (χ1v) is 9.46. The minimum Gasteiger partial charge on any atom is -0.326 e. The smallest absolute Gasteiger partial charge is 0.230 e. The second-order valence-corrected chi connectivity index (χ2v) is 7.50. The van der Waals surface area contributed by atoms with E-state index < -0.39 is 0 Å².